The Morgan fingerprint density at radius 2 is 2.00 bits per heavy atom. The van der Waals surface area contributed by atoms with Crippen LogP contribution in [0, 0.1) is 0 Å². The summed E-state index contributed by atoms with van der Waals surface area (Å²) in [6, 6.07) is 14.4. The molecule has 19 heavy (non-hydrogen) atoms. The van der Waals surface area contributed by atoms with E-state index in [1.165, 1.54) is 5.39 Å². The van der Waals surface area contributed by atoms with E-state index >= 15 is 0 Å². The monoisotopic (exact) mass is 257 g/mol. The molecule has 3 nitrogen and oxygen atoms in total. The van der Waals surface area contributed by atoms with Crippen molar-refractivity contribution in [3.8, 4) is 5.75 Å². The average molecular weight is 257 g/mol. The molecule has 0 unspecified atom stereocenters. The van der Waals surface area contributed by atoms with Crippen LogP contribution in [-0.2, 0) is 0 Å². The zero-order chi connectivity index (χ0) is 13.1. The zero-order valence-corrected chi connectivity index (χ0v) is 11.0. The van der Waals surface area contributed by atoms with Crippen LogP contribution >= 0.6 is 0 Å². The molecule has 0 amide bonds. The molecule has 2 aromatic carbocycles. The van der Waals surface area contributed by atoms with Gasteiger partial charge in [0.15, 0.2) is 0 Å². The number of β-amino-alcohol motifs (C(OH)–C–C–N with tert-alkyl or cyclic N) is 1. The first-order valence-electron chi connectivity index (χ1n) is 6.84. The minimum atomic E-state index is -0.155. The van der Waals surface area contributed by atoms with Crippen molar-refractivity contribution in [1.29, 1.82) is 0 Å². The smallest absolute Gasteiger partial charge is 0.127 e. The van der Waals surface area contributed by atoms with E-state index < -0.39 is 0 Å². The molecule has 1 atom stereocenters. The Morgan fingerprint density at radius 3 is 2.84 bits per heavy atom. The Kier molecular flexibility index (Phi) is 3.67. The van der Waals surface area contributed by atoms with Gasteiger partial charge in [-0.3, -0.25) is 4.90 Å². The summed E-state index contributed by atoms with van der Waals surface area (Å²) >= 11 is 0. The van der Waals surface area contributed by atoms with Gasteiger partial charge in [-0.1, -0.05) is 36.4 Å². The van der Waals surface area contributed by atoms with Gasteiger partial charge < -0.3 is 9.84 Å². The summed E-state index contributed by atoms with van der Waals surface area (Å²) in [5.41, 5.74) is 0. The molecular formula is C16H19NO2. The van der Waals surface area contributed by atoms with Gasteiger partial charge in [0.25, 0.3) is 0 Å². The lowest BCUT2D eigenvalue weighted by molar-refractivity contribution is 0.167. The van der Waals surface area contributed by atoms with Crippen molar-refractivity contribution in [2.24, 2.45) is 0 Å². The number of hydrogen-bond acceptors (Lipinski definition) is 3. The Bertz CT molecular complexity index is 550. The van der Waals surface area contributed by atoms with Crippen molar-refractivity contribution >= 4 is 10.8 Å². The molecule has 100 valence electrons. The summed E-state index contributed by atoms with van der Waals surface area (Å²) in [5.74, 6) is 0.942. The number of ether oxygens (including phenoxy) is 1. The number of aliphatic hydroxyl groups is 1. The number of benzene rings is 2. The van der Waals surface area contributed by atoms with E-state index in [4.69, 9.17) is 4.74 Å². The maximum absolute atomic E-state index is 9.47. The number of likely N-dealkylation sites (tertiary alicyclic amines) is 1. The lowest BCUT2D eigenvalue weighted by Gasteiger charge is -2.16. The molecule has 0 aliphatic carbocycles. The number of hydrogen-bond donors (Lipinski definition) is 1. The second kappa shape index (κ2) is 5.59. The van der Waals surface area contributed by atoms with E-state index in [-0.39, 0.29) is 6.10 Å². The van der Waals surface area contributed by atoms with Gasteiger partial charge in [-0.15, -0.1) is 0 Å². The van der Waals surface area contributed by atoms with Crippen LogP contribution in [0.1, 0.15) is 6.42 Å². The predicted octanol–water partition coefficient (Wildman–Crippen LogP) is 2.29. The first-order valence-corrected chi connectivity index (χ1v) is 6.84. The summed E-state index contributed by atoms with van der Waals surface area (Å²) in [6.45, 7) is 3.29. The highest BCUT2D eigenvalue weighted by Crippen LogP contribution is 2.25. The third-order valence-electron chi connectivity index (χ3n) is 3.66. The molecule has 3 heteroatoms. The second-order valence-electron chi connectivity index (χ2n) is 5.07. The van der Waals surface area contributed by atoms with E-state index in [2.05, 4.69) is 23.1 Å². The van der Waals surface area contributed by atoms with Crippen LogP contribution in [0.5, 0.6) is 5.75 Å². The summed E-state index contributed by atoms with van der Waals surface area (Å²) < 4.78 is 5.89. The number of fused-ring (bicyclic) bond motifs is 1. The molecule has 2 aromatic rings. The zero-order valence-electron chi connectivity index (χ0n) is 11.0. The fraction of sp³-hybridized carbons (Fsp3) is 0.375. The fourth-order valence-electron chi connectivity index (χ4n) is 2.62. The van der Waals surface area contributed by atoms with Crippen LogP contribution < -0.4 is 4.74 Å². The molecule has 1 heterocycles. The fourth-order valence-corrected chi connectivity index (χ4v) is 2.62. The number of aliphatic hydroxyl groups excluding tert-OH is 1. The van der Waals surface area contributed by atoms with Gasteiger partial charge in [0.2, 0.25) is 0 Å². The Labute approximate surface area is 113 Å². The van der Waals surface area contributed by atoms with Gasteiger partial charge in [-0.2, -0.15) is 0 Å². The highest BCUT2D eigenvalue weighted by atomic mass is 16.5. The first kappa shape index (κ1) is 12.5. The van der Waals surface area contributed by atoms with Gasteiger partial charge in [0, 0.05) is 25.0 Å². The molecule has 1 fully saturated rings. The van der Waals surface area contributed by atoms with E-state index in [0.717, 1.165) is 37.2 Å². The molecule has 1 aliphatic heterocycles. The summed E-state index contributed by atoms with van der Waals surface area (Å²) in [5, 5.41) is 11.8. The normalized spacial score (nSPS) is 19.9. The van der Waals surface area contributed by atoms with Crippen LogP contribution in [-0.4, -0.2) is 42.4 Å². The van der Waals surface area contributed by atoms with Gasteiger partial charge in [0.1, 0.15) is 12.4 Å². The van der Waals surface area contributed by atoms with Crippen molar-refractivity contribution in [3.63, 3.8) is 0 Å². The predicted molar refractivity (Wildman–Crippen MR) is 76.5 cm³/mol. The standard InChI is InChI=1S/C16H19NO2/c18-14-8-9-17(12-14)10-11-19-16-7-3-5-13-4-1-2-6-15(13)16/h1-7,14,18H,8-12H2/t14-/m1/s1. The molecule has 0 bridgehead atoms. The summed E-state index contributed by atoms with van der Waals surface area (Å²) in [4.78, 5) is 2.25. The minimum Gasteiger partial charge on any atom is -0.492 e. The lowest BCUT2D eigenvalue weighted by Crippen LogP contribution is -2.27. The molecular weight excluding hydrogens is 238 g/mol. The molecule has 0 aromatic heterocycles. The largest absolute Gasteiger partial charge is 0.492 e. The molecule has 1 saturated heterocycles. The van der Waals surface area contributed by atoms with Crippen molar-refractivity contribution in [2.75, 3.05) is 26.2 Å². The SMILES string of the molecule is O[C@@H]1CCN(CCOc2cccc3ccccc23)C1. The van der Waals surface area contributed by atoms with Crippen LogP contribution in [0.15, 0.2) is 42.5 Å². The maximum atomic E-state index is 9.47. The van der Waals surface area contributed by atoms with Crippen molar-refractivity contribution in [3.05, 3.63) is 42.5 Å². The van der Waals surface area contributed by atoms with Crippen molar-refractivity contribution in [1.82, 2.24) is 4.90 Å². The average Bonchev–Trinajstić information content (AvgIpc) is 2.85. The van der Waals surface area contributed by atoms with E-state index in [1.54, 1.807) is 0 Å². The van der Waals surface area contributed by atoms with Gasteiger partial charge in [-0.25, -0.2) is 0 Å². The van der Waals surface area contributed by atoms with Crippen LogP contribution in [0.2, 0.25) is 0 Å². The first-order chi connectivity index (χ1) is 9.33. The topological polar surface area (TPSA) is 32.7 Å². The third kappa shape index (κ3) is 2.88. The Morgan fingerprint density at radius 1 is 1.16 bits per heavy atom. The molecule has 1 aliphatic rings. The van der Waals surface area contributed by atoms with Gasteiger partial charge >= 0.3 is 0 Å². The highest BCUT2D eigenvalue weighted by Gasteiger charge is 2.19. The highest BCUT2D eigenvalue weighted by molar-refractivity contribution is 5.88. The molecule has 0 radical (unpaired) electrons. The van der Waals surface area contributed by atoms with E-state index in [1.807, 2.05) is 24.3 Å². The quantitative estimate of drug-likeness (QED) is 0.912. The molecule has 1 N–H and O–H groups in total. The van der Waals surface area contributed by atoms with E-state index in [9.17, 15) is 5.11 Å². The van der Waals surface area contributed by atoms with Crippen molar-refractivity contribution < 1.29 is 9.84 Å². The minimum absolute atomic E-state index is 0.155. The van der Waals surface area contributed by atoms with E-state index in [0.29, 0.717) is 6.61 Å². The summed E-state index contributed by atoms with van der Waals surface area (Å²) in [6.07, 6.45) is 0.728. The van der Waals surface area contributed by atoms with Gasteiger partial charge in [-0.05, 0) is 17.9 Å². The summed E-state index contributed by atoms with van der Waals surface area (Å²) in [7, 11) is 0. The molecule has 3 rings (SSSR count). The third-order valence-corrected chi connectivity index (χ3v) is 3.66. The number of nitrogens with zero attached hydrogens (tertiary/aromatic N) is 1. The van der Waals surface area contributed by atoms with Gasteiger partial charge in [0.05, 0.1) is 6.10 Å². The van der Waals surface area contributed by atoms with Crippen molar-refractivity contribution in [2.45, 2.75) is 12.5 Å². The molecule has 0 spiro atoms. The lowest BCUT2D eigenvalue weighted by atomic mass is 10.1. The Hall–Kier alpha value is -1.58. The van der Waals surface area contributed by atoms with Crippen LogP contribution in [0.25, 0.3) is 10.8 Å². The Balaban J connectivity index is 1.62. The second-order valence-corrected chi connectivity index (χ2v) is 5.07. The molecule has 0 saturated carbocycles. The maximum Gasteiger partial charge on any atom is 0.127 e. The van der Waals surface area contributed by atoms with Crippen LogP contribution in [0.4, 0.5) is 0 Å². The van der Waals surface area contributed by atoms with Crippen LogP contribution in [0.3, 0.4) is 0 Å². The number of rotatable bonds is 4.